The van der Waals surface area contributed by atoms with E-state index in [0.29, 0.717) is 38.9 Å². The fraction of sp³-hybridized carbons (Fsp3) is 0.556. The topological polar surface area (TPSA) is 64.6 Å². The van der Waals surface area contributed by atoms with Gasteiger partial charge in [-0.25, -0.2) is 0 Å². The van der Waals surface area contributed by atoms with Crippen molar-refractivity contribution >= 4 is 27.6 Å². The van der Waals surface area contributed by atoms with Gasteiger partial charge in [0.2, 0.25) is 5.91 Å². The number of rotatable bonds is 1. The first-order chi connectivity index (χ1) is 11.4. The van der Waals surface area contributed by atoms with Gasteiger partial charge in [0.15, 0.2) is 11.6 Å². The van der Waals surface area contributed by atoms with Crippen molar-refractivity contribution in [3.05, 3.63) is 33.8 Å². The zero-order valence-corrected chi connectivity index (χ0v) is 15.1. The summed E-state index contributed by atoms with van der Waals surface area (Å²) in [6, 6.07) is 5.73. The molecule has 2 spiro atoms. The Hall–Kier alpha value is -1.24. The molecule has 1 aromatic carbocycles. The molecule has 0 bridgehead atoms. The molecule has 1 aliphatic carbocycles. The van der Waals surface area contributed by atoms with E-state index in [4.69, 9.17) is 9.47 Å². The van der Waals surface area contributed by atoms with Crippen molar-refractivity contribution in [1.29, 1.82) is 0 Å². The molecule has 2 heterocycles. The summed E-state index contributed by atoms with van der Waals surface area (Å²) in [4.78, 5) is 25.8. The molecule has 1 amide bonds. The fourth-order valence-corrected chi connectivity index (χ4v) is 4.56. The molecular weight excluding hydrogens is 374 g/mol. The Morgan fingerprint density at radius 1 is 1.12 bits per heavy atom. The number of hydrogen-bond acceptors (Lipinski definition) is 4. The molecule has 5 nitrogen and oxygen atoms in total. The molecule has 0 radical (unpaired) electrons. The van der Waals surface area contributed by atoms with Crippen LogP contribution in [0.1, 0.15) is 42.7 Å². The van der Waals surface area contributed by atoms with Crippen LogP contribution in [0.4, 0.5) is 0 Å². The summed E-state index contributed by atoms with van der Waals surface area (Å²) in [5, 5.41) is 3.01. The summed E-state index contributed by atoms with van der Waals surface area (Å²) < 4.78 is 12.4. The third-order valence-corrected chi connectivity index (χ3v) is 6.08. The lowest BCUT2D eigenvalue weighted by molar-refractivity contribution is -0.186. The van der Waals surface area contributed by atoms with E-state index in [2.05, 4.69) is 21.2 Å². The lowest BCUT2D eigenvalue weighted by atomic mass is 9.74. The van der Waals surface area contributed by atoms with Crippen LogP contribution >= 0.6 is 15.9 Å². The Kier molecular flexibility index (Phi) is 3.82. The first-order valence-corrected chi connectivity index (χ1v) is 9.14. The molecule has 0 aromatic heterocycles. The molecular formula is C18H20BrNO4. The van der Waals surface area contributed by atoms with E-state index in [0.717, 1.165) is 15.6 Å². The van der Waals surface area contributed by atoms with Crippen LogP contribution in [0.5, 0.6) is 0 Å². The van der Waals surface area contributed by atoms with E-state index in [9.17, 15) is 9.59 Å². The normalized spacial score (nSPS) is 27.8. The van der Waals surface area contributed by atoms with E-state index < -0.39 is 17.2 Å². The molecule has 24 heavy (non-hydrogen) atoms. The molecule has 1 aromatic rings. The van der Waals surface area contributed by atoms with Gasteiger partial charge in [-0.2, -0.15) is 0 Å². The van der Waals surface area contributed by atoms with Gasteiger partial charge >= 0.3 is 0 Å². The van der Waals surface area contributed by atoms with Gasteiger partial charge in [-0.15, -0.1) is 0 Å². The van der Waals surface area contributed by atoms with Crippen molar-refractivity contribution in [1.82, 2.24) is 5.32 Å². The van der Waals surface area contributed by atoms with Crippen LogP contribution in [-0.2, 0) is 19.1 Å². The number of ether oxygens (including phenoxy) is 2. The maximum Gasteiger partial charge on any atom is 0.235 e. The van der Waals surface area contributed by atoms with Crippen LogP contribution in [0.3, 0.4) is 0 Å². The van der Waals surface area contributed by atoms with Crippen molar-refractivity contribution in [2.24, 2.45) is 0 Å². The van der Waals surface area contributed by atoms with Crippen LogP contribution in [-0.4, -0.2) is 36.2 Å². The van der Waals surface area contributed by atoms with Gasteiger partial charge in [-0.05, 0) is 43.0 Å². The average Bonchev–Trinajstić information content (AvgIpc) is 3.10. The Bertz CT molecular complexity index is 701. The predicted molar refractivity (Wildman–Crippen MR) is 90.6 cm³/mol. The van der Waals surface area contributed by atoms with Crippen LogP contribution in [0.2, 0.25) is 0 Å². The first-order valence-electron chi connectivity index (χ1n) is 8.35. The molecule has 1 atom stereocenters. The van der Waals surface area contributed by atoms with Crippen molar-refractivity contribution in [3.8, 4) is 0 Å². The summed E-state index contributed by atoms with van der Waals surface area (Å²) in [5.41, 5.74) is 0.979. The maximum atomic E-state index is 13.2. The Labute approximate surface area is 149 Å². The number of Topliss-reactive ketones (excluding diaryl/α,β-unsaturated/α-hetero) is 1. The van der Waals surface area contributed by atoms with E-state index in [1.165, 1.54) is 0 Å². The minimum atomic E-state index is -0.767. The number of nitrogens with one attached hydrogen (secondary N) is 1. The number of halogens is 1. The number of aryl methyl sites for hydroxylation is 1. The quantitative estimate of drug-likeness (QED) is 0.744. The smallest absolute Gasteiger partial charge is 0.235 e. The largest absolute Gasteiger partial charge is 0.348 e. The molecule has 2 aliphatic heterocycles. The second-order valence-electron chi connectivity index (χ2n) is 6.98. The van der Waals surface area contributed by atoms with Gasteiger partial charge in [-0.3, -0.25) is 9.59 Å². The second kappa shape index (κ2) is 5.64. The van der Waals surface area contributed by atoms with Crippen molar-refractivity contribution in [2.75, 3.05) is 13.2 Å². The van der Waals surface area contributed by atoms with E-state index in [1.807, 2.05) is 25.1 Å². The molecule has 1 N–H and O–H groups in total. The molecule has 3 aliphatic rings. The first kappa shape index (κ1) is 16.2. The minimum Gasteiger partial charge on any atom is -0.348 e. The van der Waals surface area contributed by atoms with Gasteiger partial charge in [0, 0.05) is 17.3 Å². The molecule has 1 saturated carbocycles. The highest BCUT2D eigenvalue weighted by Crippen LogP contribution is 2.45. The lowest BCUT2D eigenvalue weighted by Gasteiger charge is -2.40. The van der Waals surface area contributed by atoms with Crippen LogP contribution in [0.25, 0.3) is 0 Å². The minimum absolute atomic E-state index is 0.0125. The molecule has 4 rings (SSSR count). The van der Waals surface area contributed by atoms with E-state index in [1.54, 1.807) is 0 Å². The van der Waals surface area contributed by atoms with Crippen molar-refractivity contribution in [2.45, 2.75) is 49.9 Å². The Morgan fingerprint density at radius 2 is 1.79 bits per heavy atom. The predicted octanol–water partition coefficient (Wildman–Crippen LogP) is 2.60. The lowest BCUT2D eigenvalue weighted by Crippen LogP contribution is -2.53. The van der Waals surface area contributed by atoms with E-state index >= 15 is 0 Å². The summed E-state index contributed by atoms with van der Waals surface area (Å²) >= 11 is 3.44. The standard InChI is InChI=1S/C18H20BrNO4/c1-11-2-3-12(19)10-13(11)14-15(21)17(20-16(14)22)4-6-18(7-5-17)23-8-9-24-18/h2-3,10,14H,4-9H2,1H3,(H,20,22). The van der Waals surface area contributed by atoms with Gasteiger partial charge in [0.1, 0.15) is 11.5 Å². The molecule has 6 heteroatoms. The van der Waals surface area contributed by atoms with Crippen LogP contribution in [0, 0.1) is 6.92 Å². The van der Waals surface area contributed by atoms with Gasteiger partial charge < -0.3 is 14.8 Å². The number of hydrogen-bond donors (Lipinski definition) is 1. The Balaban J connectivity index is 1.61. The molecule has 2 saturated heterocycles. The molecule has 1 unspecified atom stereocenters. The van der Waals surface area contributed by atoms with Crippen molar-refractivity contribution in [3.63, 3.8) is 0 Å². The van der Waals surface area contributed by atoms with Crippen LogP contribution in [0.15, 0.2) is 22.7 Å². The summed E-state index contributed by atoms with van der Waals surface area (Å²) in [6.07, 6.45) is 2.43. The van der Waals surface area contributed by atoms with Crippen molar-refractivity contribution < 1.29 is 19.1 Å². The number of carbonyl (C=O) groups excluding carboxylic acids is 2. The number of amides is 1. The number of carbonyl (C=O) groups is 2. The zero-order valence-electron chi connectivity index (χ0n) is 13.6. The highest BCUT2D eigenvalue weighted by Gasteiger charge is 2.57. The monoisotopic (exact) mass is 393 g/mol. The number of benzene rings is 1. The third kappa shape index (κ3) is 2.43. The maximum absolute atomic E-state index is 13.2. The van der Waals surface area contributed by atoms with Crippen LogP contribution < -0.4 is 5.32 Å². The third-order valence-electron chi connectivity index (χ3n) is 5.59. The second-order valence-corrected chi connectivity index (χ2v) is 7.89. The summed E-state index contributed by atoms with van der Waals surface area (Å²) in [5.74, 6) is -1.46. The number of ketones is 1. The van der Waals surface area contributed by atoms with Gasteiger partial charge in [0.05, 0.1) is 13.2 Å². The molecule has 3 fully saturated rings. The average molecular weight is 394 g/mol. The van der Waals surface area contributed by atoms with Gasteiger partial charge in [-0.1, -0.05) is 22.0 Å². The summed E-state index contributed by atoms with van der Waals surface area (Å²) in [6.45, 7) is 3.14. The highest BCUT2D eigenvalue weighted by atomic mass is 79.9. The fourth-order valence-electron chi connectivity index (χ4n) is 4.18. The van der Waals surface area contributed by atoms with Gasteiger partial charge in [0.25, 0.3) is 0 Å². The SMILES string of the molecule is Cc1ccc(Br)cc1C1C(=O)NC2(CCC3(CC2)OCCO3)C1=O. The molecule has 128 valence electrons. The van der Waals surface area contributed by atoms with E-state index in [-0.39, 0.29) is 11.7 Å². The highest BCUT2D eigenvalue weighted by molar-refractivity contribution is 9.10. The summed E-state index contributed by atoms with van der Waals surface area (Å²) in [7, 11) is 0. The zero-order chi connectivity index (χ0) is 16.9. The Morgan fingerprint density at radius 3 is 2.46 bits per heavy atom.